The van der Waals surface area contributed by atoms with Crippen molar-refractivity contribution in [2.75, 3.05) is 5.32 Å². The van der Waals surface area contributed by atoms with Gasteiger partial charge in [0.25, 0.3) is 11.8 Å². The minimum atomic E-state index is -0.548. The molecule has 0 saturated heterocycles. The largest absolute Gasteiger partial charge is 0.422 e. The Morgan fingerprint density at radius 3 is 2.14 bits per heavy atom. The smallest absolute Gasteiger partial charge is 0.343 e. The van der Waals surface area contributed by atoms with Gasteiger partial charge in [-0.25, -0.2) is 10.2 Å². The molecule has 0 aliphatic heterocycles. The van der Waals surface area contributed by atoms with Gasteiger partial charge in [-0.05, 0) is 78.9 Å². The van der Waals surface area contributed by atoms with Crippen LogP contribution in [0.2, 0.25) is 5.02 Å². The van der Waals surface area contributed by atoms with E-state index in [0.717, 1.165) is 4.47 Å². The Labute approximate surface area is 226 Å². The molecule has 2 N–H and O–H groups in total. The molecule has 0 heterocycles. The van der Waals surface area contributed by atoms with E-state index in [4.69, 9.17) is 16.3 Å². The molecule has 0 unspecified atom stereocenters. The van der Waals surface area contributed by atoms with Gasteiger partial charge in [-0.2, -0.15) is 5.10 Å². The van der Waals surface area contributed by atoms with E-state index in [9.17, 15) is 14.4 Å². The van der Waals surface area contributed by atoms with Crippen LogP contribution in [0.25, 0.3) is 0 Å². The summed E-state index contributed by atoms with van der Waals surface area (Å²) in [5.41, 5.74) is 4.61. The van der Waals surface area contributed by atoms with Gasteiger partial charge in [-0.3, -0.25) is 9.59 Å². The second-order valence-electron chi connectivity index (χ2n) is 7.68. The molecule has 0 atom stereocenters. The summed E-state index contributed by atoms with van der Waals surface area (Å²) in [6, 6.07) is 26.6. The summed E-state index contributed by atoms with van der Waals surface area (Å²) in [6.45, 7) is 0. The number of nitrogens with one attached hydrogen (secondary N) is 2. The summed E-state index contributed by atoms with van der Waals surface area (Å²) in [6.07, 6.45) is 1.34. The molecule has 4 aromatic rings. The second kappa shape index (κ2) is 12.1. The number of benzene rings is 4. The van der Waals surface area contributed by atoms with Gasteiger partial charge < -0.3 is 10.1 Å². The van der Waals surface area contributed by atoms with Crippen LogP contribution in [0.1, 0.15) is 36.6 Å². The van der Waals surface area contributed by atoms with Gasteiger partial charge in [0.1, 0.15) is 5.75 Å². The Morgan fingerprint density at radius 1 is 0.784 bits per heavy atom. The topological polar surface area (TPSA) is 96.9 Å². The Bertz CT molecular complexity index is 1460. The lowest BCUT2D eigenvalue weighted by Crippen LogP contribution is -2.18. The molecule has 4 rings (SSSR count). The van der Waals surface area contributed by atoms with E-state index < -0.39 is 11.9 Å². The molecule has 0 fully saturated rings. The van der Waals surface area contributed by atoms with Gasteiger partial charge in [-0.15, -0.1) is 0 Å². The second-order valence-corrected chi connectivity index (χ2v) is 9.03. The molecule has 0 bridgehead atoms. The minimum Gasteiger partial charge on any atom is -0.422 e. The van der Waals surface area contributed by atoms with Crippen molar-refractivity contribution in [1.29, 1.82) is 0 Å². The van der Waals surface area contributed by atoms with Crippen molar-refractivity contribution in [2.45, 2.75) is 0 Å². The summed E-state index contributed by atoms with van der Waals surface area (Å²) in [7, 11) is 0. The zero-order valence-corrected chi connectivity index (χ0v) is 21.5. The molecule has 0 spiro atoms. The number of rotatable bonds is 7. The van der Waals surface area contributed by atoms with Crippen LogP contribution < -0.4 is 15.5 Å². The van der Waals surface area contributed by atoms with Crippen molar-refractivity contribution in [3.63, 3.8) is 0 Å². The number of halogens is 2. The number of ether oxygens (including phenoxy) is 1. The fourth-order valence-electron chi connectivity index (χ4n) is 3.18. The first kappa shape index (κ1) is 25.8. The SMILES string of the molecule is O=C(N/N=C/c1cc(Cl)ccc1OC(=O)c1ccc(Br)cc1)c1ccc(NC(=O)c2ccccc2)cc1. The third-order valence-electron chi connectivity index (χ3n) is 5.07. The lowest BCUT2D eigenvalue weighted by Gasteiger charge is -2.08. The highest BCUT2D eigenvalue weighted by Crippen LogP contribution is 2.23. The highest BCUT2D eigenvalue weighted by atomic mass is 79.9. The summed E-state index contributed by atoms with van der Waals surface area (Å²) < 4.78 is 6.33. The van der Waals surface area contributed by atoms with Gasteiger partial charge in [0.2, 0.25) is 0 Å². The normalized spacial score (nSPS) is 10.6. The van der Waals surface area contributed by atoms with Gasteiger partial charge in [0.05, 0.1) is 11.8 Å². The number of esters is 1. The van der Waals surface area contributed by atoms with Crippen LogP contribution in [-0.4, -0.2) is 24.0 Å². The number of amides is 2. The van der Waals surface area contributed by atoms with Crippen molar-refractivity contribution < 1.29 is 19.1 Å². The van der Waals surface area contributed by atoms with Crippen LogP contribution in [-0.2, 0) is 0 Å². The average Bonchev–Trinajstić information content (AvgIpc) is 2.91. The van der Waals surface area contributed by atoms with Crippen molar-refractivity contribution in [2.24, 2.45) is 5.10 Å². The molecular formula is C28H19BrClN3O4. The fourth-order valence-corrected chi connectivity index (χ4v) is 3.63. The van der Waals surface area contributed by atoms with E-state index in [1.165, 1.54) is 6.21 Å². The molecule has 37 heavy (non-hydrogen) atoms. The van der Waals surface area contributed by atoms with E-state index in [-0.39, 0.29) is 11.7 Å². The Morgan fingerprint density at radius 2 is 1.43 bits per heavy atom. The molecule has 2 amide bonds. The number of hydrazone groups is 1. The molecule has 0 aliphatic carbocycles. The maximum Gasteiger partial charge on any atom is 0.343 e. The number of hydrogen-bond acceptors (Lipinski definition) is 5. The van der Waals surface area contributed by atoms with Gasteiger partial charge >= 0.3 is 5.97 Å². The van der Waals surface area contributed by atoms with Gasteiger partial charge in [0.15, 0.2) is 0 Å². The first-order valence-corrected chi connectivity index (χ1v) is 12.1. The molecule has 0 radical (unpaired) electrons. The zero-order chi connectivity index (χ0) is 26.2. The number of carbonyl (C=O) groups is 3. The molecular weight excluding hydrogens is 558 g/mol. The summed E-state index contributed by atoms with van der Waals surface area (Å²) in [5, 5.41) is 7.15. The van der Waals surface area contributed by atoms with E-state index in [2.05, 4.69) is 31.8 Å². The predicted octanol–water partition coefficient (Wildman–Crippen LogP) is 6.34. The Balaban J connectivity index is 1.38. The number of hydrogen-bond donors (Lipinski definition) is 2. The standard InChI is InChI=1S/C28H19BrClN3O4/c29-22-10-6-20(7-11-22)28(36)37-25-15-12-23(30)16-21(25)17-31-33-27(35)19-8-13-24(14-9-19)32-26(34)18-4-2-1-3-5-18/h1-17H,(H,32,34)(H,33,35)/b31-17+. The maximum absolute atomic E-state index is 12.5. The van der Waals surface area contributed by atoms with E-state index in [1.54, 1.807) is 91.0 Å². The predicted molar refractivity (Wildman–Crippen MR) is 146 cm³/mol. The highest BCUT2D eigenvalue weighted by Gasteiger charge is 2.12. The van der Waals surface area contributed by atoms with Crippen LogP contribution in [0.5, 0.6) is 5.75 Å². The summed E-state index contributed by atoms with van der Waals surface area (Å²) in [4.78, 5) is 37.3. The zero-order valence-electron chi connectivity index (χ0n) is 19.2. The van der Waals surface area contributed by atoms with Crippen molar-refractivity contribution in [3.05, 3.63) is 129 Å². The maximum atomic E-state index is 12.5. The highest BCUT2D eigenvalue weighted by molar-refractivity contribution is 9.10. The molecule has 0 aromatic heterocycles. The summed E-state index contributed by atoms with van der Waals surface area (Å²) >= 11 is 9.41. The third kappa shape index (κ3) is 7.13. The van der Waals surface area contributed by atoms with Crippen LogP contribution in [0, 0.1) is 0 Å². The van der Waals surface area contributed by atoms with Gasteiger partial charge in [-0.1, -0.05) is 45.7 Å². The average molecular weight is 577 g/mol. The van der Waals surface area contributed by atoms with Crippen molar-refractivity contribution in [3.8, 4) is 5.75 Å². The van der Waals surface area contributed by atoms with Crippen LogP contribution >= 0.6 is 27.5 Å². The lowest BCUT2D eigenvalue weighted by molar-refractivity contribution is 0.0734. The molecule has 0 aliphatic rings. The first-order valence-electron chi connectivity index (χ1n) is 11.0. The third-order valence-corrected chi connectivity index (χ3v) is 5.83. The van der Waals surface area contributed by atoms with E-state index in [0.29, 0.717) is 33.0 Å². The van der Waals surface area contributed by atoms with E-state index in [1.807, 2.05) is 6.07 Å². The van der Waals surface area contributed by atoms with Crippen molar-refractivity contribution >= 4 is 57.2 Å². The Hall–Kier alpha value is -4.27. The van der Waals surface area contributed by atoms with Crippen LogP contribution in [0.4, 0.5) is 5.69 Å². The van der Waals surface area contributed by atoms with Crippen LogP contribution in [0.15, 0.2) is 107 Å². The monoisotopic (exact) mass is 575 g/mol. The lowest BCUT2D eigenvalue weighted by atomic mass is 10.1. The fraction of sp³-hybridized carbons (Fsp3) is 0. The summed E-state index contributed by atoms with van der Waals surface area (Å²) in [5.74, 6) is -1.03. The quantitative estimate of drug-likeness (QED) is 0.116. The van der Waals surface area contributed by atoms with Crippen molar-refractivity contribution in [1.82, 2.24) is 5.43 Å². The Kier molecular flexibility index (Phi) is 8.45. The van der Waals surface area contributed by atoms with Crippen LogP contribution in [0.3, 0.4) is 0 Å². The molecule has 0 saturated carbocycles. The minimum absolute atomic E-state index is 0.230. The molecule has 4 aromatic carbocycles. The first-order chi connectivity index (χ1) is 17.9. The molecule has 184 valence electrons. The van der Waals surface area contributed by atoms with Gasteiger partial charge in [0, 0.05) is 31.9 Å². The molecule has 9 heteroatoms. The molecule has 7 nitrogen and oxygen atoms in total. The number of anilines is 1. The number of carbonyl (C=O) groups excluding carboxylic acids is 3. The number of nitrogens with zero attached hydrogens (tertiary/aromatic N) is 1. The van der Waals surface area contributed by atoms with E-state index >= 15 is 0 Å².